The van der Waals surface area contributed by atoms with Crippen molar-refractivity contribution in [2.45, 2.75) is 38.8 Å². The maximum atomic E-state index is 6.51. The quantitative estimate of drug-likeness (QED) is 0.523. The Hall–Kier alpha value is -3.10. The number of ether oxygens (including phenoxy) is 1. The highest BCUT2D eigenvalue weighted by molar-refractivity contribution is 5.87. The van der Waals surface area contributed by atoms with Crippen LogP contribution in [0.25, 0.3) is 27.8 Å². The first-order valence-corrected chi connectivity index (χ1v) is 11.2. The second kappa shape index (κ2) is 7.21. The van der Waals surface area contributed by atoms with Crippen LogP contribution in [0, 0.1) is 12.3 Å². The van der Waals surface area contributed by atoms with Gasteiger partial charge in [-0.3, -0.25) is 14.4 Å². The molecule has 2 atom stereocenters. The molecule has 6 rings (SSSR count). The van der Waals surface area contributed by atoms with Gasteiger partial charge in [-0.05, 0) is 44.4 Å². The zero-order valence-corrected chi connectivity index (χ0v) is 18.4. The lowest BCUT2D eigenvalue weighted by Gasteiger charge is -2.41. The predicted octanol–water partition coefficient (Wildman–Crippen LogP) is 2.98. The molecule has 0 saturated carbocycles. The van der Waals surface area contributed by atoms with Crippen LogP contribution >= 0.6 is 0 Å². The van der Waals surface area contributed by atoms with Crippen LogP contribution in [0.4, 0.5) is 5.95 Å². The molecule has 3 aromatic heterocycles. The molecule has 0 amide bonds. The topological polar surface area (TPSA) is 94.5 Å². The van der Waals surface area contributed by atoms with Crippen LogP contribution in [0.5, 0.6) is 0 Å². The molecule has 2 aliphatic rings. The van der Waals surface area contributed by atoms with Gasteiger partial charge in [-0.25, -0.2) is 9.97 Å². The van der Waals surface area contributed by atoms with Crippen LogP contribution in [0.3, 0.4) is 0 Å². The maximum absolute atomic E-state index is 6.51. The molecule has 164 valence electrons. The van der Waals surface area contributed by atoms with Crippen molar-refractivity contribution in [2.24, 2.45) is 11.1 Å². The Morgan fingerprint density at radius 2 is 1.84 bits per heavy atom. The standard InChI is InChI=1S/C24H27N7O/c1-15-20(17-3-4-18-19(13-17)27-8-7-26-18)22-28-9-12-31(22)23(29-15)30-10-5-24(6-11-30)14-32-16(2)21(24)25/h3-4,7-9,12-13,16,21H,5-6,10-11,14,25H2,1-2H3/t16-,21+/m0/s1. The summed E-state index contributed by atoms with van der Waals surface area (Å²) in [6.45, 7) is 6.73. The van der Waals surface area contributed by atoms with E-state index in [9.17, 15) is 0 Å². The molecule has 2 N–H and O–H groups in total. The van der Waals surface area contributed by atoms with Gasteiger partial charge in [0.15, 0.2) is 0 Å². The normalized spacial score (nSPS) is 22.9. The van der Waals surface area contributed by atoms with E-state index in [2.05, 4.69) is 45.2 Å². The molecular formula is C24H27N7O. The first-order chi connectivity index (χ1) is 15.6. The number of benzene rings is 1. The van der Waals surface area contributed by atoms with Gasteiger partial charge in [0.2, 0.25) is 5.95 Å². The Balaban J connectivity index is 1.37. The summed E-state index contributed by atoms with van der Waals surface area (Å²) in [4.78, 5) is 21.0. The van der Waals surface area contributed by atoms with E-state index in [0.29, 0.717) is 0 Å². The Morgan fingerprint density at radius 3 is 2.59 bits per heavy atom. The Morgan fingerprint density at radius 1 is 1.06 bits per heavy atom. The number of nitrogens with two attached hydrogens (primary N) is 1. The van der Waals surface area contributed by atoms with Gasteiger partial charge in [0.1, 0.15) is 5.65 Å². The highest BCUT2D eigenvalue weighted by Gasteiger charge is 2.47. The molecule has 0 aliphatic carbocycles. The number of aryl methyl sites for hydroxylation is 1. The molecule has 0 unspecified atom stereocenters. The van der Waals surface area contributed by atoms with Crippen LogP contribution in [-0.2, 0) is 4.74 Å². The maximum Gasteiger partial charge on any atom is 0.211 e. The molecular weight excluding hydrogens is 402 g/mol. The van der Waals surface area contributed by atoms with Crippen molar-refractivity contribution in [3.63, 3.8) is 0 Å². The van der Waals surface area contributed by atoms with E-state index >= 15 is 0 Å². The summed E-state index contributed by atoms with van der Waals surface area (Å²) in [7, 11) is 0. The van der Waals surface area contributed by atoms with E-state index in [1.54, 1.807) is 12.4 Å². The van der Waals surface area contributed by atoms with Gasteiger partial charge < -0.3 is 15.4 Å². The van der Waals surface area contributed by atoms with Crippen LogP contribution in [0.1, 0.15) is 25.5 Å². The molecule has 1 aromatic carbocycles. The summed E-state index contributed by atoms with van der Waals surface area (Å²) < 4.78 is 7.99. The lowest BCUT2D eigenvalue weighted by molar-refractivity contribution is 0.0973. The van der Waals surface area contributed by atoms with Gasteiger partial charge in [0.25, 0.3) is 0 Å². The second-order valence-corrected chi connectivity index (χ2v) is 9.14. The van der Waals surface area contributed by atoms with Crippen molar-refractivity contribution < 1.29 is 4.74 Å². The van der Waals surface area contributed by atoms with Crippen molar-refractivity contribution in [3.8, 4) is 11.1 Å². The fourth-order valence-corrected chi connectivity index (χ4v) is 5.38. The largest absolute Gasteiger partial charge is 0.376 e. The highest BCUT2D eigenvalue weighted by atomic mass is 16.5. The van der Waals surface area contributed by atoms with Gasteiger partial charge in [0.05, 0.1) is 29.4 Å². The van der Waals surface area contributed by atoms with E-state index in [1.807, 2.05) is 18.5 Å². The summed E-state index contributed by atoms with van der Waals surface area (Å²) in [6.07, 6.45) is 9.44. The van der Waals surface area contributed by atoms with Crippen molar-refractivity contribution >= 4 is 22.6 Å². The zero-order valence-electron chi connectivity index (χ0n) is 18.4. The van der Waals surface area contributed by atoms with Crippen molar-refractivity contribution in [1.29, 1.82) is 0 Å². The minimum absolute atomic E-state index is 0.0884. The van der Waals surface area contributed by atoms with Crippen LogP contribution in [0.15, 0.2) is 43.0 Å². The lowest BCUT2D eigenvalue weighted by atomic mass is 9.73. The number of piperidine rings is 1. The minimum Gasteiger partial charge on any atom is -0.376 e. The molecule has 8 nitrogen and oxygen atoms in total. The average molecular weight is 430 g/mol. The fraction of sp³-hybridized carbons (Fsp3) is 0.417. The SMILES string of the molecule is Cc1nc(N2CCC3(CC2)CO[C@@H](C)[C@H]3N)n2ccnc2c1-c1ccc2nccnc2c1. The average Bonchev–Trinajstić information content (AvgIpc) is 3.40. The van der Waals surface area contributed by atoms with E-state index in [1.165, 1.54) is 0 Å². The smallest absolute Gasteiger partial charge is 0.211 e. The van der Waals surface area contributed by atoms with Gasteiger partial charge in [-0.2, -0.15) is 0 Å². The van der Waals surface area contributed by atoms with Crippen molar-refractivity contribution in [2.75, 3.05) is 24.6 Å². The zero-order chi connectivity index (χ0) is 21.9. The first kappa shape index (κ1) is 19.6. The third kappa shape index (κ3) is 2.90. The molecule has 2 fully saturated rings. The van der Waals surface area contributed by atoms with Gasteiger partial charge in [-0.1, -0.05) is 6.07 Å². The molecule has 4 aromatic rings. The monoisotopic (exact) mass is 429 g/mol. The molecule has 32 heavy (non-hydrogen) atoms. The first-order valence-electron chi connectivity index (χ1n) is 11.2. The van der Waals surface area contributed by atoms with Crippen LogP contribution in [0.2, 0.25) is 0 Å². The molecule has 5 heterocycles. The number of nitrogens with zero attached hydrogens (tertiary/aromatic N) is 6. The molecule has 0 bridgehead atoms. The second-order valence-electron chi connectivity index (χ2n) is 9.14. The lowest BCUT2D eigenvalue weighted by Crippen LogP contribution is -2.51. The molecule has 1 spiro atoms. The third-order valence-corrected chi connectivity index (χ3v) is 7.36. The molecule has 2 aliphatic heterocycles. The van der Waals surface area contributed by atoms with Gasteiger partial charge in [-0.15, -0.1) is 0 Å². The van der Waals surface area contributed by atoms with Gasteiger partial charge >= 0.3 is 0 Å². The summed E-state index contributed by atoms with van der Waals surface area (Å²) in [5, 5.41) is 0. The van der Waals surface area contributed by atoms with Crippen LogP contribution < -0.4 is 10.6 Å². The van der Waals surface area contributed by atoms with E-state index in [-0.39, 0.29) is 17.6 Å². The van der Waals surface area contributed by atoms with Crippen LogP contribution in [-0.4, -0.2) is 56.2 Å². The summed E-state index contributed by atoms with van der Waals surface area (Å²) in [5.74, 6) is 0.940. The summed E-state index contributed by atoms with van der Waals surface area (Å²) in [6, 6.07) is 6.24. The number of imidazole rings is 1. The Labute approximate surface area is 186 Å². The number of hydrogen-bond acceptors (Lipinski definition) is 7. The number of anilines is 1. The fourth-order valence-electron chi connectivity index (χ4n) is 5.38. The Kier molecular flexibility index (Phi) is 4.41. The number of hydrogen-bond donors (Lipinski definition) is 1. The third-order valence-electron chi connectivity index (χ3n) is 7.36. The summed E-state index contributed by atoms with van der Waals surface area (Å²) in [5.41, 5.74) is 12.3. The number of rotatable bonds is 2. The van der Waals surface area contributed by atoms with Gasteiger partial charge in [0, 0.05) is 54.9 Å². The van der Waals surface area contributed by atoms with Crippen molar-refractivity contribution in [3.05, 3.63) is 48.7 Å². The molecule has 2 saturated heterocycles. The minimum atomic E-state index is 0.0884. The van der Waals surface area contributed by atoms with E-state index in [4.69, 9.17) is 20.4 Å². The Bertz CT molecular complexity index is 1310. The molecule has 0 radical (unpaired) electrons. The van der Waals surface area contributed by atoms with E-state index in [0.717, 1.165) is 72.0 Å². The number of aromatic nitrogens is 5. The molecule has 8 heteroatoms. The number of fused-ring (bicyclic) bond motifs is 2. The highest BCUT2D eigenvalue weighted by Crippen LogP contribution is 2.42. The predicted molar refractivity (Wildman–Crippen MR) is 124 cm³/mol. The van der Waals surface area contributed by atoms with Crippen molar-refractivity contribution in [1.82, 2.24) is 24.3 Å². The summed E-state index contributed by atoms with van der Waals surface area (Å²) >= 11 is 0. The van der Waals surface area contributed by atoms with E-state index < -0.39 is 0 Å².